The summed E-state index contributed by atoms with van der Waals surface area (Å²) in [5.74, 6) is -1.08. The first-order valence-electron chi connectivity index (χ1n) is 6.84. The van der Waals surface area contributed by atoms with Gasteiger partial charge in [0.2, 0.25) is 0 Å². The predicted molar refractivity (Wildman–Crippen MR) is 77.6 cm³/mol. The standard InChI is InChI=1S/C15H21NO5/c1-3-6-12(15(18)19)16-14(17)11-7-4-5-8-13(11)21-10-9-20-2/h4-5,7-8,12H,3,6,9-10H2,1-2H3,(H,16,17)(H,18,19). The van der Waals surface area contributed by atoms with Crippen LogP contribution in [-0.4, -0.2) is 43.3 Å². The van der Waals surface area contributed by atoms with E-state index < -0.39 is 17.9 Å². The summed E-state index contributed by atoms with van der Waals surface area (Å²) in [6, 6.07) is 5.82. The van der Waals surface area contributed by atoms with Gasteiger partial charge in [0, 0.05) is 7.11 Å². The van der Waals surface area contributed by atoms with Crippen molar-refractivity contribution in [1.82, 2.24) is 5.32 Å². The average molecular weight is 295 g/mol. The highest BCUT2D eigenvalue weighted by atomic mass is 16.5. The molecule has 1 atom stereocenters. The highest BCUT2D eigenvalue weighted by Crippen LogP contribution is 2.18. The molecule has 1 rings (SSSR count). The number of rotatable bonds is 9. The number of aliphatic carboxylic acids is 1. The van der Waals surface area contributed by atoms with Crippen LogP contribution in [0.2, 0.25) is 0 Å². The Labute approximate surface area is 124 Å². The molecule has 0 radical (unpaired) electrons. The van der Waals surface area contributed by atoms with Crippen LogP contribution in [0.1, 0.15) is 30.1 Å². The van der Waals surface area contributed by atoms with E-state index in [9.17, 15) is 9.59 Å². The molecule has 1 amide bonds. The fourth-order valence-electron chi connectivity index (χ4n) is 1.80. The zero-order valence-electron chi connectivity index (χ0n) is 12.3. The summed E-state index contributed by atoms with van der Waals surface area (Å²) in [5, 5.41) is 11.6. The smallest absolute Gasteiger partial charge is 0.326 e. The number of carboxylic acid groups (broad SMARTS) is 1. The third-order valence-corrected chi connectivity index (χ3v) is 2.86. The van der Waals surface area contributed by atoms with E-state index in [0.29, 0.717) is 37.4 Å². The van der Waals surface area contributed by atoms with Crippen LogP contribution in [0.5, 0.6) is 5.75 Å². The molecule has 0 aliphatic rings. The lowest BCUT2D eigenvalue weighted by Gasteiger charge is -2.15. The van der Waals surface area contributed by atoms with Gasteiger partial charge in [-0.2, -0.15) is 0 Å². The molecule has 0 spiro atoms. The Hall–Kier alpha value is -2.08. The van der Waals surface area contributed by atoms with E-state index in [-0.39, 0.29) is 0 Å². The number of carbonyl (C=O) groups is 2. The molecular formula is C15H21NO5. The molecule has 6 nitrogen and oxygen atoms in total. The van der Waals surface area contributed by atoms with Gasteiger partial charge < -0.3 is 19.9 Å². The van der Waals surface area contributed by atoms with Gasteiger partial charge in [-0.1, -0.05) is 25.5 Å². The molecular weight excluding hydrogens is 274 g/mol. The van der Waals surface area contributed by atoms with E-state index >= 15 is 0 Å². The summed E-state index contributed by atoms with van der Waals surface area (Å²) >= 11 is 0. The minimum atomic E-state index is -1.04. The zero-order valence-corrected chi connectivity index (χ0v) is 12.3. The highest BCUT2D eigenvalue weighted by Gasteiger charge is 2.21. The molecule has 0 aliphatic carbocycles. The Morgan fingerprint density at radius 3 is 2.62 bits per heavy atom. The second kappa shape index (κ2) is 8.97. The van der Waals surface area contributed by atoms with E-state index in [1.807, 2.05) is 6.92 Å². The van der Waals surface area contributed by atoms with Crippen LogP contribution in [-0.2, 0) is 9.53 Å². The summed E-state index contributed by atoms with van der Waals surface area (Å²) in [4.78, 5) is 23.3. The molecule has 21 heavy (non-hydrogen) atoms. The first-order valence-corrected chi connectivity index (χ1v) is 6.84. The highest BCUT2D eigenvalue weighted by molar-refractivity contribution is 5.98. The zero-order chi connectivity index (χ0) is 15.7. The van der Waals surface area contributed by atoms with Crippen molar-refractivity contribution in [2.75, 3.05) is 20.3 Å². The Bertz CT molecular complexity index is 475. The Balaban J connectivity index is 2.78. The molecule has 2 N–H and O–H groups in total. The van der Waals surface area contributed by atoms with Crippen molar-refractivity contribution in [1.29, 1.82) is 0 Å². The predicted octanol–water partition coefficient (Wildman–Crippen LogP) is 1.69. The topological polar surface area (TPSA) is 84.9 Å². The lowest BCUT2D eigenvalue weighted by atomic mass is 10.1. The van der Waals surface area contributed by atoms with Crippen LogP contribution in [0.25, 0.3) is 0 Å². The Morgan fingerprint density at radius 1 is 1.29 bits per heavy atom. The lowest BCUT2D eigenvalue weighted by molar-refractivity contribution is -0.139. The third-order valence-electron chi connectivity index (χ3n) is 2.86. The van der Waals surface area contributed by atoms with Crippen molar-refractivity contribution >= 4 is 11.9 Å². The fraction of sp³-hybridized carbons (Fsp3) is 0.467. The first kappa shape index (κ1) is 17.0. The molecule has 1 unspecified atom stereocenters. The largest absolute Gasteiger partial charge is 0.490 e. The molecule has 0 heterocycles. The number of nitrogens with one attached hydrogen (secondary N) is 1. The van der Waals surface area contributed by atoms with E-state index in [4.69, 9.17) is 14.6 Å². The van der Waals surface area contributed by atoms with Gasteiger partial charge in [-0.3, -0.25) is 4.79 Å². The van der Waals surface area contributed by atoms with Gasteiger partial charge >= 0.3 is 5.97 Å². The number of carbonyl (C=O) groups excluding carboxylic acids is 1. The van der Waals surface area contributed by atoms with Gasteiger partial charge in [-0.25, -0.2) is 4.79 Å². The Kier molecular flexibility index (Phi) is 7.25. The number of ether oxygens (including phenoxy) is 2. The molecule has 6 heteroatoms. The summed E-state index contributed by atoms with van der Waals surface area (Å²) in [5.41, 5.74) is 0.316. The van der Waals surface area contributed by atoms with Gasteiger partial charge in [0.25, 0.3) is 5.91 Å². The number of hydrogen-bond donors (Lipinski definition) is 2. The second-order valence-corrected chi connectivity index (χ2v) is 4.49. The quantitative estimate of drug-likeness (QED) is 0.677. The average Bonchev–Trinajstić information content (AvgIpc) is 2.47. The maximum atomic E-state index is 12.2. The third kappa shape index (κ3) is 5.43. The maximum absolute atomic E-state index is 12.2. The first-order chi connectivity index (χ1) is 10.1. The molecule has 0 aromatic heterocycles. The normalized spacial score (nSPS) is 11.7. The van der Waals surface area contributed by atoms with Crippen LogP contribution in [0.15, 0.2) is 24.3 Å². The van der Waals surface area contributed by atoms with Gasteiger partial charge in [0.05, 0.1) is 12.2 Å². The van der Waals surface area contributed by atoms with Crippen LogP contribution >= 0.6 is 0 Å². The number of hydrogen-bond acceptors (Lipinski definition) is 4. The van der Waals surface area contributed by atoms with E-state index in [0.717, 1.165) is 0 Å². The molecule has 0 saturated carbocycles. The van der Waals surface area contributed by atoms with E-state index in [1.54, 1.807) is 31.4 Å². The number of para-hydroxylation sites is 1. The summed E-state index contributed by atoms with van der Waals surface area (Å²) in [7, 11) is 1.56. The minimum Gasteiger partial charge on any atom is -0.490 e. The maximum Gasteiger partial charge on any atom is 0.326 e. The minimum absolute atomic E-state index is 0.316. The van der Waals surface area contributed by atoms with Crippen LogP contribution in [0.4, 0.5) is 0 Å². The van der Waals surface area contributed by atoms with Crippen LogP contribution < -0.4 is 10.1 Å². The van der Waals surface area contributed by atoms with Gasteiger partial charge in [-0.15, -0.1) is 0 Å². The summed E-state index contributed by atoms with van der Waals surface area (Å²) < 4.78 is 10.4. The molecule has 1 aromatic rings. The number of methoxy groups -OCH3 is 1. The molecule has 0 saturated heterocycles. The molecule has 0 fully saturated rings. The van der Waals surface area contributed by atoms with Gasteiger partial charge in [0.1, 0.15) is 18.4 Å². The second-order valence-electron chi connectivity index (χ2n) is 4.49. The van der Waals surface area contributed by atoms with E-state index in [1.165, 1.54) is 0 Å². The Morgan fingerprint density at radius 2 is 2.00 bits per heavy atom. The number of amides is 1. The van der Waals surface area contributed by atoms with Gasteiger partial charge in [0.15, 0.2) is 0 Å². The van der Waals surface area contributed by atoms with Crippen LogP contribution in [0, 0.1) is 0 Å². The molecule has 116 valence electrons. The molecule has 0 aliphatic heterocycles. The van der Waals surface area contributed by atoms with Crippen molar-refractivity contribution in [2.45, 2.75) is 25.8 Å². The summed E-state index contributed by atoms with van der Waals surface area (Å²) in [6.07, 6.45) is 1.05. The van der Waals surface area contributed by atoms with Crippen molar-refractivity contribution in [3.8, 4) is 5.75 Å². The van der Waals surface area contributed by atoms with Crippen molar-refractivity contribution in [2.24, 2.45) is 0 Å². The lowest BCUT2D eigenvalue weighted by Crippen LogP contribution is -2.40. The van der Waals surface area contributed by atoms with Crippen molar-refractivity contribution in [3.63, 3.8) is 0 Å². The number of carboxylic acids is 1. The monoisotopic (exact) mass is 295 g/mol. The van der Waals surface area contributed by atoms with Crippen LogP contribution in [0.3, 0.4) is 0 Å². The fourth-order valence-corrected chi connectivity index (χ4v) is 1.80. The van der Waals surface area contributed by atoms with E-state index in [2.05, 4.69) is 5.32 Å². The van der Waals surface area contributed by atoms with Crippen molar-refractivity contribution < 1.29 is 24.2 Å². The van der Waals surface area contributed by atoms with Crippen molar-refractivity contribution in [3.05, 3.63) is 29.8 Å². The molecule has 1 aromatic carbocycles. The number of benzene rings is 1. The molecule has 0 bridgehead atoms. The summed E-state index contributed by atoms with van der Waals surface area (Å²) in [6.45, 7) is 2.59. The SMILES string of the molecule is CCCC(NC(=O)c1ccccc1OCCOC)C(=O)O. The van der Waals surface area contributed by atoms with Gasteiger partial charge in [-0.05, 0) is 18.6 Å².